The topological polar surface area (TPSA) is 49.3 Å². The van der Waals surface area contributed by atoms with Crippen LogP contribution in [0.5, 0.6) is 5.75 Å². The van der Waals surface area contributed by atoms with Gasteiger partial charge < -0.3 is 10.4 Å². The highest BCUT2D eigenvalue weighted by Gasteiger charge is 2.07. The summed E-state index contributed by atoms with van der Waals surface area (Å²) in [6, 6.07) is 3.36. The van der Waals surface area contributed by atoms with E-state index in [2.05, 4.69) is 5.32 Å². The van der Waals surface area contributed by atoms with Crippen LogP contribution in [-0.2, 0) is 6.54 Å². The molecule has 13 heavy (non-hydrogen) atoms. The van der Waals surface area contributed by atoms with Crippen LogP contribution in [0.4, 0.5) is 0 Å². The Kier molecular flexibility index (Phi) is 3.03. The summed E-state index contributed by atoms with van der Waals surface area (Å²) in [5.41, 5.74) is 2.13. The largest absolute Gasteiger partial charge is 0.508 e. The van der Waals surface area contributed by atoms with E-state index in [1.165, 1.54) is 0 Å². The van der Waals surface area contributed by atoms with Crippen LogP contribution in [0.1, 0.15) is 21.5 Å². The lowest BCUT2D eigenvalue weighted by molar-refractivity contribution is 0.112. The number of hydrogen-bond acceptors (Lipinski definition) is 3. The van der Waals surface area contributed by atoms with Gasteiger partial charge >= 0.3 is 0 Å². The van der Waals surface area contributed by atoms with Crippen molar-refractivity contribution in [3.63, 3.8) is 0 Å². The van der Waals surface area contributed by atoms with Crippen molar-refractivity contribution in [3.05, 3.63) is 28.8 Å². The molecule has 1 aromatic carbocycles. The van der Waals surface area contributed by atoms with Crippen molar-refractivity contribution in [2.75, 3.05) is 7.05 Å². The molecular formula is C10H13NO2. The predicted molar refractivity (Wildman–Crippen MR) is 51.0 cm³/mol. The number of aldehydes is 1. The van der Waals surface area contributed by atoms with Gasteiger partial charge in [-0.1, -0.05) is 6.07 Å². The van der Waals surface area contributed by atoms with E-state index in [1.54, 1.807) is 19.1 Å². The average Bonchev–Trinajstić information content (AvgIpc) is 2.12. The van der Waals surface area contributed by atoms with E-state index in [1.807, 2.05) is 7.05 Å². The molecule has 0 fully saturated rings. The number of nitrogens with one attached hydrogen (secondary N) is 1. The van der Waals surface area contributed by atoms with Crippen molar-refractivity contribution in [2.45, 2.75) is 13.5 Å². The maximum atomic E-state index is 10.7. The van der Waals surface area contributed by atoms with Gasteiger partial charge in [-0.2, -0.15) is 0 Å². The maximum Gasteiger partial charge on any atom is 0.150 e. The van der Waals surface area contributed by atoms with Crippen molar-refractivity contribution < 1.29 is 9.90 Å². The van der Waals surface area contributed by atoms with Crippen molar-refractivity contribution >= 4 is 6.29 Å². The van der Waals surface area contributed by atoms with Crippen LogP contribution in [0.25, 0.3) is 0 Å². The van der Waals surface area contributed by atoms with Gasteiger partial charge in [-0.25, -0.2) is 0 Å². The van der Waals surface area contributed by atoms with E-state index in [-0.39, 0.29) is 5.75 Å². The van der Waals surface area contributed by atoms with Gasteiger partial charge in [0.25, 0.3) is 0 Å². The summed E-state index contributed by atoms with van der Waals surface area (Å²) in [4.78, 5) is 10.7. The molecule has 0 radical (unpaired) electrons. The Bertz CT molecular complexity index is 321. The number of carbonyl (C=O) groups excluding carboxylic acids is 1. The molecule has 0 aliphatic rings. The zero-order chi connectivity index (χ0) is 9.84. The lowest BCUT2D eigenvalue weighted by atomic mass is 10.0. The molecule has 0 amide bonds. The quantitative estimate of drug-likeness (QED) is 0.686. The lowest BCUT2D eigenvalue weighted by Crippen LogP contribution is -2.08. The van der Waals surface area contributed by atoms with E-state index < -0.39 is 0 Å². The number of phenols is 1. The molecule has 1 aromatic rings. The SMILES string of the molecule is CNCc1ccc(O)c(C)c1C=O. The number of rotatable bonds is 3. The van der Waals surface area contributed by atoms with Crippen molar-refractivity contribution in [1.29, 1.82) is 0 Å². The van der Waals surface area contributed by atoms with Crippen LogP contribution in [-0.4, -0.2) is 18.4 Å². The summed E-state index contributed by atoms with van der Waals surface area (Å²) in [6.07, 6.45) is 0.779. The minimum atomic E-state index is 0.168. The fourth-order valence-electron chi connectivity index (χ4n) is 1.28. The minimum absolute atomic E-state index is 0.168. The van der Waals surface area contributed by atoms with Gasteiger partial charge in [-0.3, -0.25) is 4.79 Å². The highest BCUT2D eigenvalue weighted by molar-refractivity contribution is 5.80. The molecular weight excluding hydrogens is 166 g/mol. The van der Waals surface area contributed by atoms with Gasteiger partial charge in [-0.15, -0.1) is 0 Å². The number of benzene rings is 1. The zero-order valence-electron chi connectivity index (χ0n) is 7.79. The van der Waals surface area contributed by atoms with Crippen LogP contribution in [0.3, 0.4) is 0 Å². The normalized spacial score (nSPS) is 10.0. The van der Waals surface area contributed by atoms with Crippen LogP contribution in [0.15, 0.2) is 12.1 Å². The third-order valence-electron chi connectivity index (χ3n) is 2.06. The van der Waals surface area contributed by atoms with E-state index >= 15 is 0 Å². The molecule has 3 heteroatoms. The zero-order valence-corrected chi connectivity index (χ0v) is 7.79. The first-order valence-corrected chi connectivity index (χ1v) is 4.12. The summed E-state index contributed by atoms with van der Waals surface area (Å²) >= 11 is 0. The molecule has 70 valence electrons. The molecule has 0 saturated carbocycles. The van der Waals surface area contributed by atoms with Gasteiger partial charge in [0, 0.05) is 17.7 Å². The van der Waals surface area contributed by atoms with Crippen LogP contribution in [0, 0.1) is 6.92 Å². The van der Waals surface area contributed by atoms with Gasteiger partial charge in [0.05, 0.1) is 0 Å². The second-order valence-electron chi connectivity index (χ2n) is 2.93. The van der Waals surface area contributed by atoms with E-state index in [0.29, 0.717) is 17.7 Å². The van der Waals surface area contributed by atoms with E-state index in [4.69, 9.17) is 0 Å². The average molecular weight is 179 g/mol. The minimum Gasteiger partial charge on any atom is -0.508 e. The lowest BCUT2D eigenvalue weighted by Gasteiger charge is -2.08. The van der Waals surface area contributed by atoms with Gasteiger partial charge in [-0.05, 0) is 25.6 Å². The molecule has 0 spiro atoms. The standard InChI is InChI=1S/C10H13NO2/c1-7-9(6-12)8(5-11-2)3-4-10(7)13/h3-4,6,11,13H,5H2,1-2H3. The molecule has 0 aliphatic carbocycles. The van der Waals surface area contributed by atoms with Crippen LogP contribution in [0.2, 0.25) is 0 Å². The van der Waals surface area contributed by atoms with Crippen LogP contribution < -0.4 is 5.32 Å². The monoisotopic (exact) mass is 179 g/mol. The Morgan fingerprint density at radius 3 is 2.77 bits per heavy atom. The molecule has 0 aliphatic heterocycles. The third kappa shape index (κ3) is 1.87. The Balaban J connectivity index is 3.21. The summed E-state index contributed by atoms with van der Waals surface area (Å²) in [6.45, 7) is 2.37. The van der Waals surface area contributed by atoms with Crippen molar-refractivity contribution in [2.24, 2.45) is 0 Å². The summed E-state index contributed by atoms with van der Waals surface area (Å²) in [7, 11) is 1.82. The Morgan fingerprint density at radius 1 is 1.54 bits per heavy atom. The predicted octanol–water partition coefficient (Wildman–Crippen LogP) is 1.23. The number of phenolic OH excluding ortho intramolecular Hbond substituents is 1. The first-order valence-electron chi connectivity index (χ1n) is 4.12. The molecule has 0 unspecified atom stereocenters. The number of hydrogen-bond donors (Lipinski definition) is 2. The van der Waals surface area contributed by atoms with Crippen molar-refractivity contribution in [3.8, 4) is 5.75 Å². The Hall–Kier alpha value is -1.35. The number of carbonyl (C=O) groups is 1. The second kappa shape index (κ2) is 4.05. The molecule has 0 bridgehead atoms. The Labute approximate surface area is 77.4 Å². The third-order valence-corrected chi connectivity index (χ3v) is 2.06. The summed E-state index contributed by atoms with van der Waals surface area (Å²) in [5, 5.41) is 12.3. The molecule has 2 N–H and O–H groups in total. The molecule has 0 saturated heterocycles. The molecule has 1 rings (SSSR count). The smallest absolute Gasteiger partial charge is 0.150 e. The van der Waals surface area contributed by atoms with E-state index in [0.717, 1.165) is 11.8 Å². The van der Waals surface area contributed by atoms with Crippen LogP contribution >= 0.6 is 0 Å². The fourth-order valence-corrected chi connectivity index (χ4v) is 1.28. The maximum absolute atomic E-state index is 10.7. The van der Waals surface area contributed by atoms with Gasteiger partial charge in [0.1, 0.15) is 5.75 Å². The molecule has 0 heterocycles. The fraction of sp³-hybridized carbons (Fsp3) is 0.300. The molecule has 0 atom stereocenters. The Morgan fingerprint density at radius 2 is 2.23 bits per heavy atom. The van der Waals surface area contributed by atoms with Gasteiger partial charge in [0.2, 0.25) is 0 Å². The number of aromatic hydroxyl groups is 1. The van der Waals surface area contributed by atoms with Gasteiger partial charge in [0.15, 0.2) is 6.29 Å². The summed E-state index contributed by atoms with van der Waals surface area (Å²) in [5.74, 6) is 0.168. The van der Waals surface area contributed by atoms with Crippen molar-refractivity contribution in [1.82, 2.24) is 5.32 Å². The molecule has 3 nitrogen and oxygen atoms in total. The summed E-state index contributed by atoms with van der Waals surface area (Å²) < 4.78 is 0. The first-order chi connectivity index (χ1) is 6.20. The highest BCUT2D eigenvalue weighted by Crippen LogP contribution is 2.21. The second-order valence-corrected chi connectivity index (χ2v) is 2.93. The molecule has 0 aromatic heterocycles. The highest BCUT2D eigenvalue weighted by atomic mass is 16.3. The first kappa shape index (κ1) is 9.74. The van der Waals surface area contributed by atoms with E-state index in [9.17, 15) is 9.90 Å².